The molecule has 4 nitrogen and oxygen atoms in total. The van der Waals surface area contributed by atoms with E-state index in [1.165, 1.54) is 0 Å². The van der Waals surface area contributed by atoms with Crippen LogP contribution in [0.3, 0.4) is 0 Å². The van der Waals surface area contributed by atoms with Crippen LogP contribution in [0.4, 0.5) is 11.4 Å². The molecule has 0 atom stereocenters. The van der Waals surface area contributed by atoms with E-state index in [0.717, 1.165) is 16.7 Å². The van der Waals surface area contributed by atoms with Gasteiger partial charge in [-0.15, -0.1) is 0 Å². The molecular weight excluding hydrogens is 286 g/mol. The van der Waals surface area contributed by atoms with E-state index in [-0.39, 0.29) is 0 Å². The number of allylic oxidation sites excluding steroid dienone is 2. The van der Waals surface area contributed by atoms with E-state index in [1.807, 2.05) is 30.3 Å². The number of nitrogens with two attached hydrogens (primary N) is 2. The third-order valence-electron chi connectivity index (χ3n) is 4.08. The molecule has 0 saturated heterocycles. The molecular formula is C19H19N3O. The number of nitrogen functional groups attached to an aromatic ring is 2. The van der Waals surface area contributed by atoms with Gasteiger partial charge in [-0.3, -0.25) is 0 Å². The molecule has 0 unspecified atom stereocenters. The van der Waals surface area contributed by atoms with Crippen LogP contribution in [0.15, 0.2) is 72.3 Å². The third-order valence-corrected chi connectivity index (χ3v) is 4.08. The predicted octanol–water partition coefficient (Wildman–Crippen LogP) is 2.99. The summed E-state index contributed by atoms with van der Waals surface area (Å²) in [4.78, 5) is 0. The molecule has 1 aliphatic carbocycles. The number of rotatable bonds is 3. The summed E-state index contributed by atoms with van der Waals surface area (Å²) < 4.78 is 0. The minimum atomic E-state index is -1.31. The Hall–Kier alpha value is -2.85. The van der Waals surface area contributed by atoms with Crippen LogP contribution in [0.2, 0.25) is 0 Å². The number of anilines is 2. The fraction of sp³-hybridized carbons (Fsp3) is 0.105. The highest BCUT2D eigenvalue weighted by Crippen LogP contribution is 2.39. The molecule has 4 heteroatoms. The summed E-state index contributed by atoms with van der Waals surface area (Å²) in [6.07, 6.45) is 5.89. The average Bonchev–Trinajstić information content (AvgIpc) is 2.56. The molecule has 3 rings (SSSR count). The van der Waals surface area contributed by atoms with Crippen molar-refractivity contribution in [2.75, 3.05) is 11.5 Å². The normalized spacial score (nSPS) is 14.7. The van der Waals surface area contributed by atoms with Crippen LogP contribution in [0.5, 0.6) is 0 Å². The predicted molar refractivity (Wildman–Crippen MR) is 94.3 cm³/mol. The minimum Gasteiger partial charge on any atom is -0.399 e. The van der Waals surface area contributed by atoms with Crippen molar-refractivity contribution in [3.63, 3.8) is 0 Å². The Morgan fingerprint density at radius 3 is 1.70 bits per heavy atom. The number of aliphatic hydroxyl groups is 1. The smallest absolute Gasteiger partial charge is 0.140 e. The van der Waals surface area contributed by atoms with E-state index >= 15 is 0 Å². The Morgan fingerprint density at radius 1 is 0.826 bits per heavy atom. The number of benzene rings is 2. The zero-order chi connectivity index (χ0) is 16.4. The topological polar surface area (TPSA) is 96.1 Å². The van der Waals surface area contributed by atoms with Crippen LogP contribution in [0.1, 0.15) is 17.5 Å². The largest absolute Gasteiger partial charge is 0.399 e. The van der Waals surface area contributed by atoms with E-state index in [0.29, 0.717) is 23.5 Å². The molecule has 0 heterocycles. The van der Waals surface area contributed by atoms with Gasteiger partial charge in [0.05, 0.1) is 0 Å². The molecule has 116 valence electrons. The van der Waals surface area contributed by atoms with Gasteiger partial charge in [0.25, 0.3) is 0 Å². The van der Waals surface area contributed by atoms with Gasteiger partial charge in [-0.1, -0.05) is 36.4 Å². The van der Waals surface area contributed by atoms with E-state index in [9.17, 15) is 5.11 Å². The first-order chi connectivity index (χ1) is 11.0. The molecule has 2 aromatic carbocycles. The first-order valence-electron chi connectivity index (χ1n) is 7.40. The van der Waals surface area contributed by atoms with Crippen molar-refractivity contribution in [2.45, 2.75) is 12.0 Å². The zero-order valence-electron chi connectivity index (χ0n) is 12.7. The zero-order valence-corrected chi connectivity index (χ0v) is 12.7. The van der Waals surface area contributed by atoms with Crippen molar-refractivity contribution in [2.24, 2.45) is 0 Å². The SMILES string of the molecule is N=C1C=CC(C(O)(c2ccc(N)cc2)c2ccc(N)cc2)=CC1. The Balaban J connectivity index is 2.16. The van der Waals surface area contributed by atoms with Crippen molar-refractivity contribution < 1.29 is 5.11 Å². The Labute approximate surface area is 135 Å². The maximum Gasteiger partial charge on any atom is 0.140 e. The van der Waals surface area contributed by atoms with Gasteiger partial charge in [0.15, 0.2) is 0 Å². The molecule has 0 saturated carbocycles. The highest BCUT2D eigenvalue weighted by Gasteiger charge is 2.35. The van der Waals surface area contributed by atoms with Crippen molar-refractivity contribution >= 4 is 17.1 Å². The maximum atomic E-state index is 11.6. The lowest BCUT2D eigenvalue weighted by Gasteiger charge is -2.32. The lowest BCUT2D eigenvalue weighted by molar-refractivity contribution is 0.124. The van der Waals surface area contributed by atoms with Crippen molar-refractivity contribution in [1.29, 1.82) is 5.41 Å². The lowest BCUT2D eigenvalue weighted by Crippen LogP contribution is -2.30. The molecule has 0 spiro atoms. The summed E-state index contributed by atoms with van der Waals surface area (Å²) in [7, 11) is 0. The maximum absolute atomic E-state index is 11.6. The van der Waals surface area contributed by atoms with Crippen LogP contribution in [-0.2, 0) is 5.60 Å². The molecule has 2 aromatic rings. The second kappa shape index (κ2) is 5.74. The Kier molecular flexibility index (Phi) is 3.76. The second-order valence-electron chi connectivity index (χ2n) is 5.68. The van der Waals surface area contributed by atoms with Crippen LogP contribution in [0.25, 0.3) is 0 Å². The van der Waals surface area contributed by atoms with Gasteiger partial charge in [-0.2, -0.15) is 0 Å². The van der Waals surface area contributed by atoms with Gasteiger partial charge >= 0.3 is 0 Å². The van der Waals surface area contributed by atoms with Crippen molar-refractivity contribution in [1.82, 2.24) is 0 Å². The Morgan fingerprint density at radius 2 is 1.30 bits per heavy atom. The number of hydrogen-bond acceptors (Lipinski definition) is 4. The van der Waals surface area contributed by atoms with E-state index in [1.54, 1.807) is 36.4 Å². The lowest BCUT2D eigenvalue weighted by atomic mass is 9.78. The van der Waals surface area contributed by atoms with Gasteiger partial charge in [-0.05, 0) is 47.0 Å². The third kappa shape index (κ3) is 2.76. The molecule has 23 heavy (non-hydrogen) atoms. The van der Waals surface area contributed by atoms with Crippen molar-refractivity contribution in [3.05, 3.63) is 83.5 Å². The summed E-state index contributed by atoms with van der Waals surface area (Å²) in [5, 5.41) is 19.3. The van der Waals surface area contributed by atoms with Crippen LogP contribution in [-0.4, -0.2) is 10.8 Å². The highest BCUT2D eigenvalue weighted by atomic mass is 16.3. The fourth-order valence-electron chi connectivity index (χ4n) is 2.76. The summed E-state index contributed by atoms with van der Waals surface area (Å²) in [6, 6.07) is 14.4. The van der Waals surface area contributed by atoms with Crippen molar-refractivity contribution in [3.8, 4) is 0 Å². The van der Waals surface area contributed by atoms with Gasteiger partial charge in [0, 0.05) is 23.5 Å². The molecule has 0 fully saturated rings. The standard InChI is InChI=1S/C19H19N3O/c20-16-7-1-13(2-8-16)19(23,14-3-9-17(21)10-4-14)15-5-11-18(22)12-6-15/h1-11,22-23H,12,20-21H2. The molecule has 0 bridgehead atoms. The van der Waals surface area contributed by atoms with Gasteiger partial charge in [0.1, 0.15) is 5.60 Å². The van der Waals surface area contributed by atoms with Gasteiger partial charge < -0.3 is 22.0 Å². The van der Waals surface area contributed by atoms with Crippen LogP contribution in [0, 0.1) is 5.41 Å². The summed E-state index contributed by atoms with van der Waals surface area (Å²) in [6.45, 7) is 0. The van der Waals surface area contributed by atoms with Gasteiger partial charge in [-0.25, -0.2) is 0 Å². The summed E-state index contributed by atoms with van der Waals surface area (Å²) >= 11 is 0. The quantitative estimate of drug-likeness (QED) is 0.656. The highest BCUT2D eigenvalue weighted by molar-refractivity contribution is 5.95. The molecule has 0 amide bonds. The first-order valence-corrected chi connectivity index (χ1v) is 7.40. The van der Waals surface area contributed by atoms with Crippen LogP contribution < -0.4 is 11.5 Å². The summed E-state index contributed by atoms with van der Waals surface area (Å²) in [5.41, 5.74) is 14.2. The summed E-state index contributed by atoms with van der Waals surface area (Å²) in [5.74, 6) is 0. The number of hydrogen-bond donors (Lipinski definition) is 4. The fourth-order valence-corrected chi connectivity index (χ4v) is 2.76. The average molecular weight is 305 g/mol. The first kappa shape index (κ1) is 15.1. The second-order valence-corrected chi connectivity index (χ2v) is 5.68. The van der Waals surface area contributed by atoms with Crippen LogP contribution >= 0.6 is 0 Å². The van der Waals surface area contributed by atoms with Gasteiger partial charge in [0.2, 0.25) is 0 Å². The minimum absolute atomic E-state index is 0.498. The molecule has 6 N–H and O–H groups in total. The van der Waals surface area contributed by atoms with E-state index in [4.69, 9.17) is 16.9 Å². The number of nitrogens with one attached hydrogen (secondary N) is 1. The molecule has 0 radical (unpaired) electrons. The Bertz CT molecular complexity index is 741. The van der Waals surface area contributed by atoms with E-state index < -0.39 is 5.60 Å². The monoisotopic (exact) mass is 305 g/mol. The molecule has 0 aromatic heterocycles. The van der Waals surface area contributed by atoms with E-state index in [2.05, 4.69) is 0 Å². The molecule has 0 aliphatic heterocycles. The molecule has 1 aliphatic rings.